The third-order valence-corrected chi connectivity index (χ3v) is 6.45. The first kappa shape index (κ1) is 21.8. The Morgan fingerprint density at radius 3 is 2.41 bits per heavy atom. The van der Waals surface area contributed by atoms with Crippen molar-refractivity contribution in [3.8, 4) is 0 Å². The minimum atomic E-state index is -0.491. The number of aryl methyl sites for hydroxylation is 2. The fourth-order valence-electron chi connectivity index (χ4n) is 4.21. The number of nitrogens with one attached hydrogen (secondary N) is 1. The Morgan fingerprint density at radius 1 is 0.912 bits per heavy atom. The van der Waals surface area contributed by atoms with E-state index in [0.29, 0.717) is 12.2 Å². The van der Waals surface area contributed by atoms with Gasteiger partial charge in [0.15, 0.2) is 5.11 Å². The highest BCUT2D eigenvalue weighted by Crippen LogP contribution is 2.28. The van der Waals surface area contributed by atoms with Gasteiger partial charge in [-0.1, -0.05) is 54.6 Å². The van der Waals surface area contributed by atoms with Crippen LogP contribution in [-0.2, 0) is 16.1 Å². The number of thiocarbonyl (C=S) groups is 1. The minimum absolute atomic E-state index is 0.0504. The number of aromatic nitrogens is 1. The van der Waals surface area contributed by atoms with Crippen LogP contribution in [0, 0.1) is 13.8 Å². The van der Waals surface area contributed by atoms with Crippen LogP contribution in [0.5, 0.6) is 0 Å². The smallest absolute Gasteiger partial charge is 0.270 e. The van der Waals surface area contributed by atoms with Gasteiger partial charge in [-0.2, -0.15) is 0 Å². The van der Waals surface area contributed by atoms with Crippen LogP contribution in [0.3, 0.4) is 0 Å². The summed E-state index contributed by atoms with van der Waals surface area (Å²) in [6.07, 6.45) is 3.65. The molecule has 1 N–H and O–H groups in total. The van der Waals surface area contributed by atoms with E-state index in [-0.39, 0.29) is 10.7 Å². The summed E-state index contributed by atoms with van der Waals surface area (Å²) in [5, 5.41) is 3.73. The van der Waals surface area contributed by atoms with E-state index in [9.17, 15) is 9.59 Å². The van der Waals surface area contributed by atoms with E-state index in [4.69, 9.17) is 12.2 Å². The molecule has 0 aliphatic carbocycles. The van der Waals surface area contributed by atoms with Gasteiger partial charge in [0.1, 0.15) is 5.57 Å². The standard InChI is InChI=1S/C28H23N3O2S/c1-18-12-13-22(14-19(18)2)31-27(33)24(26(32)29-28(31)34)15-21-17-30(16-20-8-4-3-5-9-20)25-11-7-6-10-23(21)25/h3-15,17H,16H2,1-2H3,(H,29,32,34)/b24-15+. The third-order valence-electron chi connectivity index (χ3n) is 6.17. The fourth-order valence-corrected chi connectivity index (χ4v) is 4.49. The maximum absolute atomic E-state index is 13.5. The molecule has 1 saturated heterocycles. The van der Waals surface area contributed by atoms with E-state index in [0.717, 1.165) is 27.6 Å². The van der Waals surface area contributed by atoms with Crippen molar-refractivity contribution in [2.24, 2.45) is 0 Å². The number of benzene rings is 3. The van der Waals surface area contributed by atoms with Gasteiger partial charge in [-0.3, -0.25) is 19.8 Å². The molecule has 1 aromatic heterocycles. The molecule has 1 fully saturated rings. The van der Waals surface area contributed by atoms with Crippen molar-refractivity contribution < 1.29 is 9.59 Å². The highest BCUT2D eigenvalue weighted by atomic mass is 32.1. The summed E-state index contributed by atoms with van der Waals surface area (Å²) >= 11 is 5.35. The lowest BCUT2D eigenvalue weighted by Gasteiger charge is -2.29. The van der Waals surface area contributed by atoms with Crippen molar-refractivity contribution in [1.82, 2.24) is 9.88 Å². The van der Waals surface area contributed by atoms with Crippen LogP contribution in [-0.4, -0.2) is 21.5 Å². The average molecular weight is 466 g/mol. The number of anilines is 1. The number of hydrogen-bond donors (Lipinski definition) is 1. The van der Waals surface area contributed by atoms with E-state index < -0.39 is 11.8 Å². The van der Waals surface area contributed by atoms with Crippen LogP contribution in [0.2, 0.25) is 0 Å². The molecule has 0 spiro atoms. The Labute approximate surface area is 203 Å². The van der Waals surface area contributed by atoms with Crippen molar-refractivity contribution in [2.45, 2.75) is 20.4 Å². The second-order valence-electron chi connectivity index (χ2n) is 8.44. The lowest BCUT2D eigenvalue weighted by Crippen LogP contribution is -2.54. The molecule has 1 aliphatic heterocycles. The summed E-state index contributed by atoms with van der Waals surface area (Å²) in [5.41, 5.74) is 5.84. The lowest BCUT2D eigenvalue weighted by atomic mass is 10.0. The normalized spacial score (nSPS) is 15.3. The zero-order chi connectivity index (χ0) is 23.8. The van der Waals surface area contributed by atoms with Crippen LogP contribution < -0.4 is 10.2 Å². The molecule has 0 saturated carbocycles. The lowest BCUT2D eigenvalue weighted by molar-refractivity contribution is -0.122. The third kappa shape index (κ3) is 3.93. The number of carbonyl (C=O) groups is 2. The number of hydrogen-bond acceptors (Lipinski definition) is 3. The topological polar surface area (TPSA) is 54.3 Å². The van der Waals surface area contributed by atoms with Gasteiger partial charge in [0, 0.05) is 29.2 Å². The van der Waals surface area contributed by atoms with Crippen LogP contribution in [0.4, 0.5) is 5.69 Å². The van der Waals surface area contributed by atoms with Crippen molar-refractivity contribution in [3.63, 3.8) is 0 Å². The molecule has 168 valence electrons. The second-order valence-corrected chi connectivity index (χ2v) is 8.83. The van der Waals surface area contributed by atoms with E-state index in [1.807, 2.05) is 80.7 Å². The van der Waals surface area contributed by atoms with E-state index in [1.54, 1.807) is 6.08 Å². The number of para-hydroxylation sites is 1. The van der Waals surface area contributed by atoms with Crippen LogP contribution in [0.1, 0.15) is 22.3 Å². The molecule has 0 radical (unpaired) electrons. The van der Waals surface area contributed by atoms with Crippen molar-refractivity contribution in [3.05, 3.63) is 107 Å². The van der Waals surface area contributed by atoms with E-state index in [2.05, 4.69) is 22.0 Å². The van der Waals surface area contributed by atoms with Gasteiger partial charge in [-0.25, -0.2) is 0 Å². The quantitative estimate of drug-likeness (QED) is 0.258. The molecular weight excluding hydrogens is 442 g/mol. The first-order chi connectivity index (χ1) is 16.4. The largest absolute Gasteiger partial charge is 0.342 e. The number of carbonyl (C=O) groups excluding carboxylic acids is 2. The van der Waals surface area contributed by atoms with Crippen LogP contribution in [0.15, 0.2) is 84.6 Å². The van der Waals surface area contributed by atoms with Gasteiger partial charge >= 0.3 is 0 Å². The van der Waals surface area contributed by atoms with Crippen molar-refractivity contribution in [2.75, 3.05) is 4.90 Å². The second kappa shape index (κ2) is 8.72. The Balaban J connectivity index is 1.57. The molecule has 0 bridgehead atoms. The van der Waals surface area contributed by atoms with Crippen LogP contribution in [0.25, 0.3) is 17.0 Å². The van der Waals surface area contributed by atoms with Crippen LogP contribution >= 0.6 is 12.2 Å². The van der Waals surface area contributed by atoms with Gasteiger partial charge in [0.2, 0.25) is 0 Å². The fraction of sp³-hybridized carbons (Fsp3) is 0.107. The predicted molar refractivity (Wildman–Crippen MR) is 140 cm³/mol. The average Bonchev–Trinajstić information content (AvgIpc) is 3.17. The summed E-state index contributed by atoms with van der Waals surface area (Å²) in [5.74, 6) is -0.924. The van der Waals surface area contributed by atoms with E-state index in [1.165, 1.54) is 10.5 Å². The zero-order valence-corrected chi connectivity index (χ0v) is 19.7. The summed E-state index contributed by atoms with van der Waals surface area (Å²) in [6.45, 7) is 4.67. The molecule has 6 heteroatoms. The summed E-state index contributed by atoms with van der Waals surface area (Å²) in [7, 11) is 0. The summed E-state index contributed by atoms with van der Waals surface area (Å²) in [4.78, 5) is 27.7. The number of rotatable bonds is 4. The Bertz CT molecular complexity index is 1480. The van der Waals surface area contributed by atoms with E-state index >= 15 is 0 Å². The predicted octanol–water partition coefficient (Wildman–Crippen LogP) is 5.14. The van der Waals surface area contributed by atoms with Crippen molar-refractivity contribution >= 4 is 51.8 Å². The molecule has 5 nitrogen and oxygen atoms in total. The highest BCUT2D eigenvalue weighted by Gasteiger charge is 2.34. The number of nitrogens with zero attached hydrogens (tertiary/aromatic N) is 2. The molecule has 4 aromatic rings. The first-order valence-electron chi connectivity index (χ1n) is 11.0. The van der Waals surface area contributed by atoms with Gasteiger partial charge in [-0.15, -0.1) is 0 Å². The minimum Gasteiger partial charge on any atom is -0.342 e. The SMILES string of the molecule is Cc1ccc(N2C(=O)/C(=C/c3cn(Cc4ccccc4)c4ccccc34)C(=O)NC2=S)cc1C. The highest BCUT2D eigenvalue weighted by molar-refractivity contribution is 7.80. The zero-order valence-electron chi connectivity index (χ0n) is 18.9. The Kier molecular flexibility index (Phi) is 5.59. The Hall–Kier alpha value is -4.03. The maximum atomic E-state index is 13.5. The molecule has 2 heterocycles. The molecule has 2 amide bonds. The first-order valence-corrected chi connectivity index (χ1v) is 11.4. The molecular formula is C28H23N3O2S. The summed E-state index contributed by atoms with van der Waals surface area (Å²) in [6, 6.07) is 23.8. The van der Waals surface area contributed by atoms with Gasteiger partial charge in [0.05, 0.1) is 5.69 Å². The maximum Gasteiger partial charge on any atom is 0.270 e. The molecule has 34 heavy (non-hydrogen) atoms. The molecule has 0 atom stereocenters. The van der Waals surface area contributed by atoms with Crippen molar-refractivity contribution in [1.29, 1.82) is 0 Å². The summed E-state index contributed by atoms with van der Waals surface area (Å²) < 4.78 is 2.13. The van der Waals surface area contributed by atoms with Gasteiger partial charge in [0.25, 0.3) is 11.8 Å². The number of fused-ring (bicyclic) bond motifs is 1. The Morgan fingerprint density at radius 2 is 1.65 bits per heavy atom. The molecule has 5 rings (SSSR count). The number of amides is 2. The molecule has 1 aliphatic rings. The van der Waals surface area contributed by atoms with Gasteiger partial charge < -0.3 is 4.57 Å². The molecule has 3 aromatic carbocycles. The van der Waals surface area contributed by atoms with Gasteiger partial charge in [-0.05, 0) is 67.0 Å². The monoisotopic (exact) mass is 465 g/mol. The molecule has 0 unspecified atom stereocenters.